The van der Waals surface area contributed by atoms with Gasteiger partial charge in [-0.2, -0.15) is 0 Å². The van der Waals surface area contributed by atoms with Gasteiger partial charge in [-0.1, -0.05) is 30.5 Å². The molecule has 1 heterocycles. The van der Waals surface area contributed by atoms with Crippen molar-refractivity contribution in [3.63, 3.8) is 0 Å². The first kappa shape index (κ1) is 17.8. The summed E-state index contributed by atoms with van der Waals surface area (Å²) in [5.74, 6) is 2.63. The van der Waals surface area contributed by atoms with Crippen LogP contribution in [0, 0.1) is 18.8 Å². The topological polar surface area (TPSA) is 56.7 Å². The minimum Gasteiger partial charge on any atom is -0.354 e. The average Bonchev–Trinajstić information content (AvgIpc) is 3.05. The van der Waals surface area contributed by atoms with E-state index in [1.54, 1.807) is 0 Å². The number of rotatable bonds is 4. The summed E-state index contributed by atoms with van der Waals surface area (Å²) in [4.78, 5) is 19.0. The van der Waals surface area contributed by atoms with E-state index in [2.05, 4.69) is 20.5 Å². The largest absolute Gasteiger partial charge is 0.354 e. The molecule has 1 amide bonds. The predicted molar refractivity (Wildman–Crippen MR) is 102 cm³/mol. The molecule has 1 saturated heterocycles. The molecule has 2 fully saturated rings. The van der Waals surface area contributed by atoms with Crippen molar-refractivity contribution >= 4 is 11.9 Å². The van der Waals surface area contributed by atoms with Crippen molar-refractivity contribution in [2.75, 3.05) is 33.2 Å². The van der Waals surface area contributed by atoms with Gasteiger partial charge in [-0.15, -0.1) is 0 Å². The second-order valence-corrected chi connectivity index (χ2v) is 7.31. The number of hydrogen-bond donors (Lipinski definition) is 2. The van der Waals surface area contributed by atoms with E-state index in [1.165, 1.54) is 25.7 Å². The first-order valence-corrected chi connectivity index (χ1v) is 9.48. The maximum absolute atomic E-state index is 12.2. The second-order valence-electron chi connectivity index (χ2n) is 7.31. The Kier molecular flexibility index (Phi) is 5.95. The van der Waals surface area contributed by atoms with Crippen molar-refractivity contribution in [1.29, 1.82) is 0 Å². The van der Waals surface area contributed by atoms with Gasteiger partial charge >= 0.3 is 0 Å². The average molecular weight is 342 g/mol. The SMILES string of the molecule is CN=C(NCCNC(=O)c1cccc(C)c1)N1CC2CCCCC2C1. The summed E-state index contributed by atoms with van der Waals surface area (Å²) in [6.07, 6.45) is 5.49. The van der Waals surface area contributed by atoms with Crippen LogP contribution >= 0.6 is 0 Å². The number of nitrogens with zero attached hydrogens (tertiary/aromatic N) is 2. The van der Waals surface area contributed by atoms with Crippen molar-refractivity contribution in [2.45, 2.75) is 32.6 Å². The van der Waals surface area contributed by atoms with E-state index >= 15 is 0 Å². The Labute approximate surface area is 150 Å². The standard InChI is InChI=1S/C20H30N4O/c1-15-6-5-9-16(12-15)19(25)22-10-11-23-20(21-2)24-13-17-7-3-4-8-18(17)14-24/h5-6,9,12,17-18H,3-4,7-8,10-11,13-14H2,1-2H3,(H,21,23)(H,22,25). The third-order valence-electron chi connectivity index (χ3n) is 5.46. The van der Waals surface area contributed by atoms with Gasteiger partial charge in [-0.25, -0.2) is 0 Å². The molecule has 136 valence electrons. The number of aliphatic imine (C=N–C) groups is 1. The fourth-order valence-corrected chi connectivity index (χ4v) is 4.15. The lowest BCUT2D eigenvalue weighted by Gasteiger charge is -2.22. The Morgan fingerprint density at radius 2 is 1.84 bits per heavy atom. The van der Waals surface area contributed by atoms with Gasteiger partial charge in [0.25, 0.3) is 5.91 Å². The zero-order chi connectivity index (χ0) is 17.6. The lowest BCUT2D eigenvalue weighted by Crippen LogP contribution is -2.43. The highest BCUT2D eigenvalue weighted by Gasteiger charge is 2.35. The van der Waals surface area contributed by atoms with E-state index in [-0.39, 0.29) is 5.91 Å². The van der Waals surface area contributed by atoms with E-state index in [9.17, 15) is 4.79 Å². The third kappa shape index (κ3) is 4.53. The number of carbonyl (C=O) groups is 1. The molecule has 5 heteroatoms. The summed E-state index contributed by atoms with van der Waals surface area (Å²) >= 11 is 0. The van der Waals surface area contributed by atoms with Crippen LogP contribution in [0.25, 0.3) is 0 Å². The summed E-state index contributed by atoms with van der Waals surface area (Å²) in [5.41, 5.74) is 1.81. The lowest BCUT2D eigenvalue weighted by atomic mass is 9.82. The molecular weight excluding hydrogens is 312 g/mol. The number of carbonyl (C=O) groups excluding carboxylic acids is 1. The molecule has 3 rings (SSSR count). The molecule has 1 aromatic carbocycles. The molecule has 0 aromatic heterocycles. The van der Waals surface area contributed by atoms with Crippen LogP contribution in [0.5, 0.6) is 0 Å². The van der Waals surface area contributed by atoms with Gasteiger partial charge in [-0.05, 0) is 43.7 Å². The van der Waals surface area contributed by atoms with Gasteiger partial charge in [-0.3, -0.25) is 9.79 Å². The van der Waals surface area contributed by atoms with Crippen LogP contribution in [0.4, 0.5) is 0 Å². The Hall–Kier alpha value is -2.04. The summed E-state index contributed by atoms with van der Waals surface area (Å²) < 4.78 is 0. The highest BCUT2D eigenvalue weighted by atomic mass is 16.1. The highest BCUT2D eigenvalue weighted by molar-refractivity contribution is 5.94. The smallest absolute Gasteiger partial charge is 0.251 e. The molecule has 1 aliphatic carbocycles. The van der Waals surface area contributed by atoms with Crippen molar-refractivity contribution in [2.24, 2.45) is 16.8 Å². The van der Waals surface area contributed by atoms with Gasteiger partial charge in [0.15, 0.2) is 5.96 Å². The molecule has 2 unspecified atom stereocenters. The summed E-state index contributed by atoms with van der Waals surface area (Å²) in [6, 6.07) is 7.67. The van der Waals surface area contributed by atoms with Crippen molar-refractivity contribution in [3.8, 4) is 0 Å². The first-order valence-electron chi connectivity index (χ1n) is 9.48. The van der Waals surface area contributed by atoms with Crippen LogP contribution in [0.15, 0.2) is 29.3 Å². The fourth-order valence-electron chi connectivity index (χ4n) is 4.15. The molecule has 5 nitrogen and oxygen atoms in total. The molecule has 1 aromatic rings. The monoisotopic (exact) mass is 342 g/mol. The van der Waals surface area contributed by atoms with Crippen molar-refractivity contribution in [3.05, 3.63) is 35.4 Å². The number of aryl methyl sites for hydroxylation is 1. The molecule has 2 aliphatic rings. The van der Waals surface area contributed by atoms with Gasteiger partial charge < -0.3 is 15.5 Å². The van der Waals surface area contributed by atoms with Gasteiger partial charge in [0, 0.05) is 38.8 Å². The number of guanidine groups is 1. The molecule has 25 heavy (non-hydrogen) atoms. The van der Waals surface area contributed by atoms with Crippen LogP contribution in [-0.4, -0.2) is 50.0 Å². The quantitative estimate of drug-likeness (QED) is 0.502. The van der Waals surface area contributed by atoms with Crippen LogP contribution in [0.1, 0.15) is 41.6 Å². The molecule has 1 saturated carbocycles. The van der Waals surface area contributed by atoms with Gasteiger partial charge in [0.05, 0.1) is 0 Å². The van der Waals surface area contributed by atoms with E-state index < -0.39 is 0 Å². The first-order chi connectivity index (χ1) is 12.2. The van der Waals surface area contributed by atoms with Crippen LogP contribution in [-0.2, 0) is 0 Å². The van der Waals surface area contributed by atoms with Crippen LogP contribution in [0.2, 0.25) is 0 Å². The van der Waals surface area contributed by atoms with Crippen molar-refractivity contribution < 1.29 is 4.79 Å². The normalized spacial score (nSPS) is 23.3. The number of hydrogen-bond acceptors (Lipinski definition) is 2. The number of benzene rings is 1. The molecule has 0 radical (unpaired) electrons. The van der Waals surface area contributed by atoms with E-state index in [0.29, 0.717) is 18.7 Å². The number of likely N-dealkylation sites (tertiary alicyclic amines) is 1. The maximum atomic E-state index is 12.2. The zero-order valence-electron chi connectivity index (χ0n) is 15.4. The third-order valence-corrected chi connectivity index (χ3v) is 5.46. The molecule has 0 bridgehead atoms. The Balaban J connectivity index is 1.42. The van der Waals surface area contributed by atoms with Gasteiger partial charge in [0.1, 0.15) is 0 Å². The fraction of sp³-hybridized carbons (Fsp3) is 0.600. The molecule has 0 spiro atoms. The van der Waals surface area contributed by atoms with Gasteiger partial charge in [0.2, 0.25) is 0 Å². The van der Waals surface area contributed by atoms with Crippen molar-refractivity contribution in [1.82, 2.24) is 15.5 Å². The Morgan fingerprint density at radius 3 is 2.48 bits per heavy atom. The number of nitrogens with one attached hydrogen (secondary N) is 2. The van der Waals surface area contributed by atoms with E-state index in [4.69, 9.17) is 0 Å². The molecule has 2 N–H and O–H groups in total. The minimum atomic E-state index is -0.0207. The summed E-state index contributed by atoms with van der Waals surface area (Å²) in [6.45, 7) is 5.53. The predicted octanol–water partition coefficient (Wildman–Crippen LogP) is 2.42. The zero-order valence-corrected chi connectivity index (χ0v) is 15.4. The Morgan fingerprint density at radius 1 is 1.16 bits per heavy atom. The highest BCUT2D eigenvalue weighted by Crippen LogP contribution is 2.35. The summed E-state index contributed by atoms with van der Waals surface area (Å²) in [5, 5.41) is 6.37. The van der Waals surface area contributed by atoms with E-state index in [1.807, 2.05) is 38.2 Å². The molecule has 1 aliphatic heterocycles. The second kappa shape index (κ2) is 8.37. The number of amides is 1. The maximum Gasteiger partial charge on any atom is 0.251 e. The van der Waals surface area contributed by atoms with Crippen LogP contribution < -0.4 is 10.6 Å². The number of fused-ring (bicyclic) bond motifs is 1. The molecule has 2 atom stereocenters. The minimum absolute atomic E-state index is 0.0207. The van der Waals surface area contributed by atoms with Crippen LogP contribution in [0.3, 0.4) is 0 Å². The Bertz CT molecular complexity index is 614. The lowest BCUT2D eigenvalue weighted by molar-refractivity contribution is 0.0954. The van der Waals surface area contributed by atoms with E-state index in [0.717, 1.165) is 36.4 Å². The summed E-state index contributed by atoms with van der Waals surface area (Å²) in [7, 11) is 1.84. The molecular formula is C20H30N4O.